The first-order valence-electron chi connectivity index (χ1n) is 4.79. The summed E-state index contributed by atoms with van der Waals surface area (Å²) in [5.74, 6) is -3.87. The Morgan fingerprint density at radius 3 is 2.53 bits per heavy atom. The maximum Gasteiger partial charge on any atom is 0.318 e. The molecule has 0 spiro atoms. The summed E-state index contributed by atoms with van der Waals surface area (Å²) in [6, 6.07) is 0. The number of esters is 1. The third-order valence-electron chi connectivity index (χ3n) is 1.90. The minimum Gasteiger partial charge on any atom is -0.459 e. The molecule has 0 heterocycles. The van der Waals surface area contributed by atoms with E-state index in [1.807, 2.05) is 0 Å². The number of nitrogens with two attached hydrogens (primary N) is 1. The van der Waals surface area contributed by atoms with Crippen molar-refractivity contribution in [3.05, 3.63) is 24.3 Å². The molecule has 2 N–H and O–H groups in total. The SMILES string of the molecule is CC(C)(C)OC(=O)C1C=CC=CC1(N)F. The van der Waals surface area contributed by atoms with Crippen LogP contribution in [-0.2, 0) is 9.53 Å². The number of ether oxygens (including phenoxy) is 1. The normalized spacial score (nSPS) is 30.3. The summed E-state index contributed by atoms with van der Waals surface area (Å²) in [5.41, 5.74) is 4.70. The van der Waals surface area contributed by atoms with Gasteiger partial charge in [-0.25, -0.2) is 4.39 Å². The third kappa shape index (κ3) is 3.16. The molecule has 1 aliphatic carbocycles. The quantitative estimate of drug-likeness (QED) is 0.532. The maximum atomic E-state index is 13.7. The molecule has 0 aromatic rings. The molecule has 1 aliphatic rings. The average molecular weight is 213 g/mol. The molecule has 0 radical (unpaired) electrons. The molecule has 3 nitrogen and oxygen atoms in total. The minimum absolute atomic E-state index is 0.637. The summed E-state index contributed by atoms with van der Waals surface area (Å²) in [5, 5.41) is 0. The van der Waals surface area contributed by atoms with E-state index in [2.05, 4.69) is 0 Å². The molecule has 4 heteroatoms. The van der Waals surface area contributed by atoms with Crippen LogP contribution < -0.4 is 5.73 Å². The molecule has 0 amide bonds. The van der Waals surface area contributed by atoms with E-state index in [-0.39, 0.29) is 0 Å². The largest absolute Gasteiger partial charge is 0.459 e. The highest BCUT2D eigenvalue weighted by Gasteiger charge is 2.40. The minimum atomic E-state index is -2.16. The van der Waals surface area contributed by atoms with Crippen LogP contribution in [0.5, 0.6) is 0 Å². The molecule has 0 saturated carbocycles. The second-order valence-corrected chi connectivity index (χ2v) is 4.58. The third-order valence-corrected chi connectivity index (χ3v) is 1.90. The van der Waals surface area contributed by atoms with E-state index < -0.39 is 23.3 Å². The van der Waals surface area contributed by atoms with Crippen molar-refractivity contribution in [3.63, 3.8) is 0 Å². The highest BCUT2D eigenvalue weighted by Crippen LogP contribution is 2.26. The molecule has 0 aromatic heterocycles. The van der Waals surface area contributed by atoms with E-state index >= 15 is 0 Å². The van der Waals surface area contributed by atoms with Gasteiger partial charge in [-0.15, -0.1) is 0 Å². The van der Waals surface area contributed by atoms with Crippen LogP contribution in [0.15, 0.2) is 24.3 Å². The Bertz CT molecular complexity index is 313. The van der Waals surface area contributed by atoms with Crippen LogP contribution in [-0.4, -0.2) is 17.4 Å². The average Bonchev–Trinajstić information content (AvgIpc) is 1.99. The van der Waals surface area contributed by atoms with Crippen LogP contribution in [0.2, 0.25) is 0 Å². The highest BCUT2D eigenvalue weighted by molar-refractivity contribution is 5.77. The number of rotatable bonds is 1. The highest BCUT2D eigenvalue weighted by atomic mass is 19.1. The van der Waals surface area contributed by atoms with Gasteiger partial charge in [-0.1, -0.05) is 18.2 Å². The number of allylic oxidation sites excluding steroid dienone is 2. The van der Waals surface area contributed by atoms with Crippen LogP contribution in [0.25, 0.3) is 0 Å². The lowest BCUT2D eigenvalue weighted by Gasteiger charge is -2.28. The van der Waals surface area contributed by atoms with E-state index in [0.717, 1.165) is 6.08 Å². The molecular formula is C11H16FNO2. The van der Waals surface area contributed by atoms with E-state index in [0.29, 0.717) is 0 Å². The lowest BCUT2D eigenvalue weighted by atomic mass is 9.93. The maximum absolute atomic E-state index is 13.7. The first-order valence-corrected chi connectivity index (χ1v) is 4.79. The Balaban J connectivity index is 2.76. The number of carbonyl (C=O) groups excluding carboxylic acids is 1. The fourth-order valence-corrected chi connectivity index (χ4v) is 1.25. The molecule has 2 unspecified atom stereocenters. The van der Waals surface area contributed by atoms with Crippen molar-refractivity contribution in [3.8, 4) is 0 Å². The summed E-state index contributed by atoms with van der Waals surface area (Å²) in [7, 11) is 0. The molecular weight excluding hydrogens is 197 g/mol. The molecule has 0 aromatic carbocycles. The van der Waals surface area contributed by atoms with Crippen LogP contribution in [0.3, 0.4) is 0 Å². The summed E-state index contributed by atoms with van der Waals surface area (Å²) in [6.45, 7) is 5.18. The molecule has 0 fully saturated rings. The lowest BCUT2D eigenvalue weighted by Crippen LogP contribution is -2.46. The summed E-state index contributed by atoms with van der Waals surface area (Å²) >= 11 is 0. The number of alkyl halides is 1. The van der Waals surface area contributed by atoms with Crippen molar-refractivity contribution < 1.29 is 13.9 Å². The molecule has 84 valence electrons. The molecule has 0 bridgehead atoms. The van der Waals surface area contributed by atoms with Crippen molar-refractivity contribution in [1.82, 2.24) is 0 Å². The number of hydrogen-bond acceptors (Lipinski definition) is 3. The standard InChI is InChI=1S/C11H16FNO2/c1-10(2,3)15-9(14)8-6-4-5-7-11(8,12)13/h4-8H,13H2,1-3H3. The van der Waals surface area contributed by atoms with Gasteiger partial charge in [0.25, 0.3) is 0 Å². The molecule has 15 heavy (non-hydrogen) atoms. The number of carbonyl (C=O) groups is 1. The van der Waals surface area contributed by atoms with Crippen LogP contribution in [0.4, 0.5) is 4.39 Å². The fourth-order valence-electron chi connectivity index (χ4n) is 1.25. The zero-order chi connectivity index (χ0) is 11.7. The predicted octanol–water partition coefficient (Wildman–Crippen LogP) is 1.69. The fraction of sp³-hybridized carbons (Fsp3) is 0.545. The second kappa shape index (κ2) is 3.77. The van der Waals surface area contributed by atoms with E-state index in [1.165, 1.54) is 12.2 Å². The van der Waals surface area contributed by atoms with E-state index in [9.17, 15) is 9.18 Å². The number of hydrogen-bond donors (Lipinski definition) is 1. The van der Waals surface area contributed by atoms with Crippen molar-refractivity contribution in [2.24, 2.45) is 11.7 Å². The number of halogens is 1. The van der Waals surface area contributed by atoms with Gasteiger partial charge >= 0.3 is 5.97 Å². The second-order valence-electron chi connectivity index (χ2n) is 4.58. The first kappa shape index (κ1) is 11.9. The van der Waals surface area contributed by atoms with Crippen molar-refractivity contribution >= 4 is 5.97 Å². The topological polar surface area (TPSA) is 52.3 Å². The predicted molar refractivity (Wildman–Crippen MR) is 55.6 cm³/mol. The smallest absolute Gasteiger partial charge is 0.318 e. The molecule has 0 saturated heterocycles. The van der Waals surface area contributed by atoms with Gasteiger partial charge in [-0.3, -0.25) is 10.5 Å². The van der Waals surface area contributed by atoms with Crippen molar-refractivity contribution in [1.29, 1.82) is 0 Å². The zero-order valence-electron chi connectivity index (χ0n) is 9.16. The Labute approximate surface area is 88.8 Å². The van der Waals surface area contributed by atoms with Crippen molar-refractivity contribution in [2.45, 2.75) is 32.2 Å². The van der Waals surface area contributed by atoms with Crippen LogP contribution >= 0.6 is 0 Å². The molecule has 1 rings (SSSR count). The van der Waals surface area contributed by atoms with E-state index in [1.54, 1.807) is 26.8 Å². The lowest BCUT2D eigenvalue weighted by molar-refractivity contribution is -0.161. The van der Waals surface area contributed by atoms with Gasteiger partial charge < -0.3 is 4.74 Å². The van der Waals surface area contributed by atoms with Gasteiger partial charge in [0.15, 0.2) is 5.79 Å². The monoisotopic (exact) mass is 213 g/mol. The van der Waals surface area contributed by atoms with Crippen molar-refractivity contribution in [2.75, 3.05) is 0 Å². The van der Waals surface area contributed by atoms with Crippen LogP contribution in [0.1, 0.15) is 20.8 Å². The summed E-state index contributed by atoms with van der Waals surface area (Å²) < 4.78 is 18.8. The van der Waals surface area contributed by atoms with Gasteiger partial charge in [0.05, 0.1) is 0 Å². The van der Waals surface area contributed by atoms with Gasteiger partial charge in [-0.05, 0) is 26.8 Å². The molecule has 0 aliphatic heterocycles. The van der Waals surface area contributed by atoms with Crippen LogP contribution in [0, 0.1) is 5.92 Å². The van der Waals surface area contributed by atoms with Gasteiger partial charge in [0, 0.05) is 0 Å². The Kier molecular flexibility index (Phi) is 3.00. The van der Waals surface area contributed by atoms with Gasteiger partial charge in [0.2, 0.25) is 0 Å². The summed E-state index contributed by atoms with van der Waals surface area (Å²) in [4.78, 5) is 11.6. The van der Waals surface area contributed by atoms with E-state index in [4.69, 9.17) is 10.5 Å². The van der Waals surface area contributed by atoms with Gasteiger partial charge in [0.1, 0.15) is 11.5 Å². The first-order chi connectivity index (χ1) is 6.72. The molecule has 2 atom stereocenters. The Morgan fingerprint density at radius 2 is 2.07 bits per heavy atom. The Hall–Kier alpha value is -1.16. The Morgan fingerprint density at radius 1 is 1.47 bits per heavy atom. The van der Waals surface area contributed by atoms with Gasteiger partial charge in [-0.2, -0.15) is 0 Å². The summed E-state index contributed by atoms with van der Waals surface area (Å²) in [6.07, 6.45) is 5.62. The zero-order valence-corrected chi connectivity index (χ0v) is 9.16.